The molecule has 1 amide bonds. The highest BCUT2D eigenvalue weighted by Crippen LogP contribution is 2.33. The molecule has 0 unspecified atom stereocenters. The van der Waals surface area contributed by atoms with Crippen LogP contribution in [-0.2, 0) is 4.79 Å². The molecule has 3 rings (SSSR count). The summed E-state index contributed by atoms with van der Waals surface area (Å²) in [5.74, 6) is 1.17. The van der Waals surface area contributed by atoms with Gasteiger partial charge in [-0.25, -0.2) is 0 Å². The predicted molar refractivity (Wildman–Crippen MR) is 101 cm³/mol. The molecule has 120 valence electrons. The number of hydrogen-bond donors (Lipinski definition) is 1. The number of hydrogen-bond acceptors (Lipinski definition) is 7. The first kappa shape index (κ1) is 17.0. The molecule has 0 atom stereocenters. The smallest absolute Gasteiger partial charge is 0.236 e. The van der Waals surface area contributed by atoms with E-state index >= 15 is 0 Å². The molecule has 2 heterocycles. The van der Waals surface area contributed by atoms with Crippen LogP contribution >= 0.6 is 58.1 Å². The average molecular weight is 405 g/mol. The number of aromatic nitrogens is 2. The fourth-order valence-electron chi connectivity index (χ4n) is 1.73. The molecule has 0 saturated heterocycles. The molecule has 10 heteroatoms. The van der Waals surface area contributed by atoms with Crippen molar-refractivity contribution >= 4 is 73.5 Å². The second kappa shape index (κ2) is 7.85. The zero-order valence-electron chi connectivity index (χ0n) is 11.6. The Morgan fingerprint density at radius 2 is 2.22 bits per heavy atom. The third-order valence-corrected chi connectivity index (χ3v) is 6.39. The van der Waals surface area contributed by atoms with Gasteiger partial charge in [0.25, 0.3) is 0 Å². The van der Waals surface area contributed by atoms with E-state index in [-0.39, 0.29) is 5.91 Å². The molecule has 1 aromatic carbocycles. The van der Waals surface area contributed by atoms with Gasteiger partial charge in [0.05, 0.1) is 17.3 Å². The molecule has 5 nitrogen and oxygen atoms in total. The first-order chi connectivity index (χ1) is 11.1. The third-order valence-electron chi connectivity index (χ3n) is 2.72. The summed E-state index contributed by atoms with van der Waals surface area (Å²) in [6, 6.07) is 5.16. The van der Waals surface area contributed by atoms with Gasteiger partial charge in [-0.1, -0.05) is 58.1 Å². The van der Waals surface area contributed by atoms with Crippen LogP contribution in [0.25, 0.3) is 10.6 Å². The van der Waals surface area contributed by atoms with Crippen LogP contribution in [-0.4, -0.2) is 38.5 Å². The van der Waals surface area contributed by atoms with E-state index in [4.69, 9.17) is 23.2 Å². The summed E-state index contributed by atoms with van der Waals surface area (Å²) in [6.45, 7) is 0.830. The topological polar surface area (TPSA) is 67.2 Å². The van der Waals surface area contributed by atoms with E-state index in [2.05, 4.69) is 20.5 Å². The van der Waals surface area contributed by atoms with Gasteiger partial charge < -0.3 is 0 Å². The van der Waals surface area contributed by atoms with Crippen molar-refractivity contribution in [2.45, 2.75) is 0 Å². The number of thioether (sulfide) groups is 2. The Morgan fingerprint density at radius 3 is 2.96 bits per heavy atom. The lowest BCUT2D eigenvalue weighted by molar-refractivity contribution is -0.113. The zero-order valence-corrected chi connectivity index (χ0v) is 15.5. The highest BCUT2D eigenvalue weighted by molar-refractivity contribution is 8.39. The molecule has 0 spiro atoms. The summed E-state index contributed by atoms with van der Waals surface area (Å²) < 4.78 is 0.964. The van der Waals surface area contributed by atoms with Gasteiger partial charge in [0, 0.05) is 16.3 Å². The lowest BCUT2D eigenvalue weighted by Gasteiger charge is -2.01. The van der Waals surface area contributed by atoms with Crippen LogP contribution in [0.15, 0.2) is 23.2 Å². The lowest BCUT2D eigenvalue weighted by Crippen LogP contribution is -2.14. The molecule has 0 bridgehead atoms. The van der Waals surface area contributed by atoms with Crippen LogP contribution in [0.5, 0.6) is 0 Å². The van der Waals surface area contributed by atoms with E-state index in [0.29, 0.717) is 25.9 Å². The standard InChI is InChI=1S/C13H10Cl2N4OS3/c14-7-1-2-8(9(15)5-7)11-18-19-12(23-11)17-10(20)6-22-13-16-3-4-21-13/h1-2,5H,3-4,6H2,(H,17,19,20). The van der Waals surface area contributed by atoms with Gasteiger partial charge in [-0.2, -0.15) is 0 Å². The number of halogens is 2. The SMILES string of the molecule is O=C(CSC1=NCCS1)Nc1nnc(-c2ccc(Cl)cc2Cl)s1. The summed E-state index contributed by atoms with van der Waals surface area (Å²) in [5.41, 5.74) is 0.736. The second-order valence-electron chi connectivity index (χ2n) is 4.37. The number of carbonyl (C=O) groups excluding carboxylic acids is 1. The Labute approximate surface area is 155 Å². The number of benzene rings is 1. The van der Waals surface area contributed by atoms with E-state index in [1.165, 1.54) is 23.1 Å². The average Bonchev–Trinajstić information content (AvgIpc) is 3.17. The van der Waals surface area contributed by atoms with Crippen molar-refractivity contribution in [2.75, 3.05) is 23.4 Å². The Bertz CT molecular complexity index is 765. The van der Waals surface area contributed by atoms with Crippen molar-refractivity contribution in [1.82, 2.24) is 10.2 Å². The van der Waals surface area contributed by atoms with Crippen molar-refractivity contribution in [2.24, 2.45) is 4.99 Å². The number of anilines is 1. The third kappa shape index (κ3) is 4.60. The Kier molecular flexibility index (Phi) is 5.81. The number of nitrogens with zero attached hydrogens (tertiary/aromatic N) is 3. The molecular formula is C13H10Cl2N4OS3. The Morgan fingerprint density at radius 1 is 1.35 bits per heavy atom. The first-order valence-electron chi connectivity index (χ1n) is 6.50. The lowest BCUT2D eigenvalue weighted by atomic mass is 10.2. The largest absolute Gasteiger partial charge is 0.300 e. The van der Waals surface area contributed by atoms with Crippen molar-refractivity contribution in [3.63, 3.8) is 0 Å². The Balaban J connectivity index is 1.61. The summed E-state index contributed by atoms with van der Waals surface area (Å²) >= 11 is 16.4. The monoisotopic (exact) mass is 404 g/mol. The minimum absolute atomic E-state index is 0.130. The predicted octanol–water partition coefficient (Wildman–Crippen LogP) is 4.29. The van der Waals surface area contributed by atoms with Crippen molar-refractivity contribution < 1.29 is 4.79 Å². The Hall–Kier alpha value is -0.800. The van der Waals surface area contributed by atoms with Crippen LogP contribution in [0.1, 0.15) is 0 Å². The summed E-state index contributed by atoms with van der Waals surface area (Å²) in [6.07, 6.45) is 0. The van der Waals surface area contributed by atoms with Gasteiger partial charge in [-0.05, 0) is 18.2 Å². The highest BCUT2D eigenvalue weighted by Gasteiger charge is 2.14. The van der Waals surface area contributed by atoms with Crippen molar-refractivity contribution in [3.05, 3.63) is 28.2 Å². The van der Waals surface area contributed by atoms with E-state index < -0.39 is 0 Å². The summed E-state index contributed by atoms with van der Waals surface area (Å²) in [7, 11) is 0. The van der Waals surface area contributed by atoms with Crippen LogP contribution in [0.4, 0.5) is 5.13 Å². The van der Waals surface area contributed by atoms with Gasteiger partial charge in [0.2, 0.25) is 11.0 Å². The van der Waals surface area contributed by atoms with Gasteiger partial charge in [-0.3, -0.25) is 15.1 Å². The number of aliphatic imine (C=N–C) groups is 1. The maximum atomic E-state index is 11.9. The maximum absolute atomic E-state index is 11.9. The first-order valence-corrected chi connectivity index (χ1v) is 10.0. The summed E-state index contributed by atoms with van der Waals surface area (Å²) in [5, 5.41) is 12.9. The molecular weight excluding hydrogens is 395 g/mol. The quantitative estimate of drug-likeness (QED) is 0.822. The van der Waals surface area contributed by atoms with Crippen molar-refractivity contribution in [1.29, 1.82) is 0 Å². The van der Waals surface area contributed by atoms with Gasteiger partial charge >= 0.3 is 0 Å². The molecule has 1 N–H and O–H groups in total. The van der Waals surface area contributed by atoms with E-state index in [9.17, 15) is 4.79 Å². The molecule has 0 fully saturated rings. The van der Waals surface area contributed by atoms with Gasteiger partial charge in [0.15, 0.2) is 5.01 Å². The molecule has 0 aliphatic carbocycles. The molecule has 0 radical (unpaired) electrons. The molecule has 1 aliphatic heterocycles. The highest BCUT2D eigenvalue weighted by atomic mass is 35.5. The number of nitrogens with one attached hydrogen (secondary N) is 1. The molecule has 1 aliphatic rings. The van der Waals surface area contributed by atoms with Crippen LogP contribution in [0, 0.1) is 0 Å². The van der Waals surface area contributed by atoms with Gasteiger partial charge in [0.1, 0.15) is 4.38 Å². The van der Waals surface area contributed by atoms with E-state index in [1.807, 2.05) is 0 Å². The van der Waals surface area contributed by atoms with Crippen LogP contribution in [0.2, 0.25) is 10.0 Å². The van der Waals surface area contributed by atoms with Crippen LogP contribution in [0.3, 0.4) is 0 Å². The fraction of sp³-hybridized carbons (Fsp3) is 0.231. The normalized spacial score (nSPS) is 13.9. The van der Waals surface area contributed by atoms with Gasteiger partial charge in [-0.15, -0.1) is 10.2 Å². The molecule has 0 saturated carbocycles. The maximum Gasteiger partial charge on any atom is 0.236 e. The van der Waals surface area contributed by atoms with Crippen molar-refractivity contribution in [3.8, 4) is 10.6 Å². The number of rotatable bonds is 4. The molecule has 1 aromatic heterocycles. The van der Waals surface area contributed by atoms with Crippen LogP contribution < -0.4 is 5.32 Å². The molecule has 23 heavy (non-hydrogen) atoms. The zero-order chi connectivity index (χ0) is 16.2. The minimum atomic E-state index is -0.130. The number of carbonyl (C=O) groups is 1. The van der Waals surface area contributed by atoms with E-state index in [0.717, 1.165) is 22.2 Å². The second-order valence-corrected chi connectivity index (χ2v) is 8.50. The van der Waals surface area contributed by atoms with E-state index in [1.54, 1.807) is 30.0 Å². The minimum Gasteiger partial charge on any atom is -0.300 e. The summed E-state index contributed by atoms with van der Waals surface area (Å²) in [4.78, 5) is 16.2. The number of amides is 1. The fourth-order valence-corrected chi connectivity index (χ4v) is 4.89. The molecule has 2 aromatic rings.